The number of piperidine rings is 1. The Morgan fingerprint density at radius 1 is 1.05 bits per heavy atom. The Balaban J connectivity index is 1.39. The summed E-state index contributed by atoms with van der Waals surface area (Å²) in [6.45, 7) is 2.39. The van der Waals surface area contributed by atoms with E-state index in [1.54, 1.807) is 19.1 Å². The van der Waals surface area contributed by atoms with E-state index in [9.17, 15) is 9.59 Å². The highest BCUT2D eigenvalue weighted by atomic mass is 16.2. The Bertz CT molecular complexity index is 1580. The topological polar surface area (TPSA) is 119 Å². The van der Waals surface area contributed by atoms with E-state index in [4.69, 9.17) is 10.8 Å². The minimum atomic E-state index is -0.222. The van der Waals surface area contributed by atoms with Crippen LogP contribution in [-0.2, 0) is 4.79 Å². The van der Waals surface area contributed by atoms with E-state index in [2.05, 4.69) is 27.1 Å². The van der Waals surface area contributed by atoms with Gasteiger partial charge in [0.1, 0.15) is 17.8 Å². The molecule has 1 aliphatic carbocycles. The van der Waals surface area contributed by atoms with Crippen molar-refractivity contribution in [3.05, 3.63) is 66.5 Å². The van der Waals surface area contributed by atoms with Gasteiger partial charge in [0.15, 0.2) is 5.65 Å². The molecule has 0 spiro atoms. The molecule has 2 aliphatic rings. The number of para-hydroxylation sites is 1. The van der Waals surface area contributed by atoms with Crippen molar-refractivity contribution in [1.29, 1.82) is 0 Å². The van der Waals surface area contributed by atoms with Crippen molar-refractivity contribution in [1.82, 2.24) is 24.6 Å². The highest BCUT2D eigenvalue weighted by molar-refractivity contribution is 6.06. The molecule has 1 saturated carbocycles. The number of amides is 2. The molecular formula is C28H25N7O2. The van der Waals surface area contributed by atoms with Crippen LogP contribution in [0, 0.1) is 17.8 Å². The number of likely N-dealkylation sites (tertiary alicyclic amines) is 1. The first-order valence-corrected chi connectivity index (χ1v) is 12.2. The Morgan fingerprint density at radius 3 is 2.65 bits per heavy atom. The summed E-state index contributed by atoms with van der Waals surface area (Å²) in [6, 6.07) is 16.5. The van der Waals surface area contributed by atoms with Crippen LogP contribution in [0.15, 0.2) is 60.9 Å². The normalized spacial score (nSPS) is 20.0. The predicted octanol–water partition coefficient (Wildman–Crippen LogP) is 3.51. The Kier molecular flexibility index (Phi) is 5.57. The quantitative estimate of drug-likeness (QED) is 0.422. The molecule has 1 saturated heterocycles. The third-order valence-electron chi connectivity index (χ3n) is 7.20. The molecule has 4 aromatic rings. The molecule has 6 rings (SSSR count). The monoisotopic (exact) mass is 491 g/mol. The zero-order valence-corrected chi connectivity index (χ0v) is 20.3. The van der Waals surface area contributed by atoms with Crippen molar-refractivity contribution in [2.45, 2.75) is 31.8 Å². The van der Waals surface area contributed by atoms with Gasteiger partial charge in [-0.2, -0.15) is 5.10 Å². The smallest absolute Gasteiger partial charge is 0.298 e. The molecule has 3 heterocycles. The summed E-state index contributed by atoms with van der Waals surface area (Å²) in [7, 11) is 0. The zero-order valence-electron chi connectivity index (χ0n) is 20.3. The molecule has 2 aromatic carbocycles. The molecule has 2 amide bonds. The molecule has 37 heavy (non-hydrogen) atoms. The summed E-state index contributed by atoms with van der Waals surface area (Å²) in [4.78, 5) is 36.2. The first-order valence-electron chi connectivity index (χ1n) is 12.2. The highest BCUT2D eigenvalue weighted by Gasteiger charge is 2.48. The number of rotatable bonds is 4. The van der Waals surface area contributed by atoms with Crippen LogP contribution >= 0.6 is 0 Å². The van der Waals surface area contributed by atoms with Gasteiger partial charge in [-0.25, -0.2) is 14.6 Å². The maximum absolute atomic E-state index is 12.9. The largest absolute Gasteiger partial charge is 0.383 e. The van der Waals surface area contributed by atoms with E-state index in [1.807, 2.05) is 52.0 Å². The van der Waals surface area contributed by atoms with Gasteiger partial charge in [-0.3, -0.25) is 9.59 Å². The van der Waals surface area contributed by atoms with Crippen LogP contribution in [0.5, 0.6) is 0 Å². The van der Waals surface area contributed by atoms with Crippen LogP contribution in [0.1, 0.15) is 36.2 Å². The molecule has 3 N–H and O–H groups in total. The summed E-state index contributed by atoms with van der Waals surface area (Å²) in [6.07, 6.45) is 3.24. The van der Waals surface area contributed by atoms with Crippen LogP contribution in [0.25, 0.3) is 22.3 Å². The maximum atomic E-state index is 12.9. The first-order chi connectivity index (χ1) is 18.0. The van der Waals surface area contributed by atoms with Crippen LogP contribution in [-0.4, -0.2) is 49.0 Å². The number of carbonyl (C=O) groups is 2. The number of hydrogen-bond acceptors (Lipinski definition) is 6. The Morgan fingerprint density at radius 2 is 1.86 bits per heavy atom. The lowest BCUT2D eigenvalue weighted by Gasteiger charge is -2.32. The molecule has 3 unspecified atom stereocenters. The van der Waals surface area contributed by atoms with Gasteiger partial charge < -0.3 is 16.0 Å². The van der Waals surface area contributed by atoms with E-state index >= 15 is 0 Å². The third-order valence-corrected chi connectivity index (χ3v) is 7.20. The van der Waals surface area contributed by atoms with Gasteiger partial charge in [0.25, 0.3) is 11.8 Å². The molecule has 2 fully saturated rings. The molecule has 9 heteroatoms. The van der Waals surface area contributed by atoms with Crippen LogP contribution in [0.2, 0.25) is 0 Å². The van der Waals surface area contributed by atoms with Crippen molar-refractivity contribution in [3.63, 3.8) is 0 Å². The van der Waals surface area contributed by atoms with Gasteiger partial charge >= 0.3 is 0 Å². The fourth-order valence-electron chi connectivity index (χ4n) is 5.63. The average Bonchev–Trinajstić information content (AvgIpc) is 3.63. The summed E-state index contributed by atoms with van der Waals surface area (Å²) >= 11 is 0. The summed E-state index contributed by atoms with van der Waals surface area (Å²) in [5, 5.41) is 8.53. The van der Waals surface area contributed by atoms with Gasteiger partial charge in [0, 0.05) is 23.4 Å². The van der Waals surface area contributed by atoms with Crippen LogP contribution in [0.4, 0.5) is 11.5 Å². The number of anilines is 2. The van der Waals surface area contributed by atoms with E-state index in [0.29, 0.717) is 39.7 Å². The molecule has 2 bridgehead atoms. The molecular weight excluding hydrogens is 466 g/mol. The number of aromatic nitrogens is 4. The van der Waals surface area contributed by atoms with Crippen molar-refractivity contribution >= 4 is 34.4 Å². The number of benzene rings is 2. The number of fused-ring (bicyclic) bond motifs is 3. The second kappa shape index (κ2) is 9.06. The highest BCUT2D eigenvalue weighted by Crippen LogP contribution is 2.46. The van der Waals surface area contributed by atoms with Gasteiger partial charge in [0.05, 0.1) is 17.5 Å². The van der Waals surface area contributed by atoms with Gasteiger partial charge in [-0.15, -0.1) is 0 Å². The van der Waals surface area contributed by atoms with E-state index < -0.39 is 0 Å². The second-order valence-electron chi connectivity index (χ2n) is 9.46. The first kappa shape index (κ1) is 22.7. The lowest BCUT2D eigenvalue weighted by atomic mass is 10.1. The van der Waals surface area contributed by atoms with Crippen molar-refractivity contribution in [2.24, 2.45) is 5.92 Å². The van der Waals surface area contributed by atoms with Gasteiger partial charge in [-0.1, -0.05) is 36.3 Å². The fraction of sp³-hybridized carbons (Fsp3) is 0.250. The molecule has 1 aliphatic heterocycles. The fourth-order valence-corrected chi connectivity index (χ4v) is 5.63. The summed E-state index contributed by atoms with van der Waals surface area (Å²) in [5.74, 6) is 5.74. The number of nitrogens with two attached hydrogens (primary N) is 1. The molecule has 184 valence electrons. The van der Waals surface area contributed by atoms with E-state index in [-0.39, 0.29) is 23.9 Å². The van der Waals surface area contributed by atoms with Crippen LogP contribution in [0.3, 0.4) is 0 Å². The average molecular weight is 492 g/mol. The van der Waals surface area contributed by atoms with E-state index in [1.165, 1.54) is 6.33 Å². The number of nitrogens with zero attached hydrogens (tertiary/aromatic N) is 5. The third kappa shape index (κ3) is 3.96. The minimum Gasteiger partial charge on any atom is -0.383 e. The SMILES string of the molecule is CC#CC(=O)N1CC2CC1C(n1nc(-c3cccc(C(=O)Nc4ccccc4)c3)c3c(N)ncnc31)C2. The van der Waals surface area contributed by atoms with Gasteiger partial charge in [-0.05, 0) is 55.9 Å². The van der Waals surface area contributed by atoms with Crippen LogP contribution < -0.4 is 11.1 Å². The van der Waals surface area contributed by atoms with Gasteiger partial charge in [0.2, 0.25) is 0 Å². The summed E-state index contributed by atoms with van der Waals surface area (Å²) < 4.78 is 1.89. The minimum absolute atomic E-state index is 0.00604. The number of hydrogen-bond donors (Lipinski definition) is 2. The van der Waals surface area contributed by atoms with Crippen molar-refractivity contribution in [3.8, 4) is 23.1 Å². The predicted molar refractivity (Wildman–Crippen MR) is 140 cm³/mol. The molecule has 0 radical (unpaired) electrons. The number of carbonyl (C=O) groups excluding carboxylic acids is 2. The summed E-state index contributed by atoms with van der Waals surface area (Å²) in [5.41, 5.74) is 9.50. The lowest BCUT2D eigenvalue weighted by Crippen LogP contribution is -2.42. The van der Waals surface area contributed by atoms with E-state index in [0.717, 1.165) is 24.9 Å². The Hall–Kier alpha value is -4.71. The number of nitrogen functional groups attached to an aromatic ring is 1. The molecule has 9 nitrogen and oxygen atoms in total. The Labute approximate surface area is 213 Å². The lowest BCUT2D eigenvalue weighted by molar-refractivity contribution is -0.127. The second-order valence-corrected chi connectivity index (χ2v) is 9.46. The molecule has 3 atom stereocenters. The zero-order chi connectivity index (χ0) is 25.5. The van der Waals surface area contributed by atoms with Crippen molar-refractivity contribution in [2.75, 3.05) is 17.6 Å². The standard InChI is InChI=1S/C28H25N7O2/c1-2-7-23(36)34-15-17-12-21(34)22(13-17)35-27-24(26(29)30-16-31-27)25(33-35)18-8-6-9-19(14-18)28(37)32-20-10-4-3-5-11-20/h3-6,8-11,14,16-17,21-22H,12-13,15H2,1H3,(H,32,37)(H2,29,30,31). The maximum Gasteiger partial charge on any atom is 0.298 e. The van der Waals surface area contributed by atoms with Crippen molar-refractivity contribution < 1.29 is 9.59 Å². The molecule has 2 aromatic heterocycles. The number of nitrogens with one attached hydrogen (secondary N) is 1.